The Balaban J connectivity index is 1.46. The maximum absolute atomic E-state index is 13.4. The number of hydrogen-bond acceptors (Lipinski definition) is 4. The zero-order valence-electron chi connectivity index (χ0n) is 19.5. The molecule has 0 radical (unpaired) electrons. The average molecular weight is 451 g/mol. The molecule has 170 valence electrons. The summed E-state index contributed by atoms with van der Waals surface area (Å²) >= 11 is 0. The van der Waals surface area contributed by atoms with Crippen molar-refractivity contribution in [2.75, 3.05) is 5.32 Å². The highest BCUT2D eigenvalue weighted by Crippen LogP contribution is 2.27. The van der Waals surface area contributed by atoms with Gasteiger partial charge < -0.3 is 5.32 Å². The molecular weight excluding hydrogens is 424 g/mol. The Morgan fingerprint density at radius 3 is 2.59 bits per heavy atom. The van der Waals surface area contributed by atoms with E-state index in [1.807, 2.05) is 78.1 Å². The molecule has 7 nitrogen and oxygen atoms in total. The molecule has 5 aromatic rings. The predicted molar refractivity (Wildman–Crippen MR) is 134 cm³/mol. The molecular formula is C27H26N6O. The Bertz CT molecular complexity index is 1500. The monoisotopic (exact) mass is 450 g/mol. The lowest BCUT2D eigenvalue weighted by atomic mass is 10.0. The summed E-state index contributed by atoms with van der Waals surface area (Å²) < 4.78 is 3.71. The Kier molecular flexibility index (Phi) is 5.67. The zero-order valence-corrected chi connectivity index (χ0v) is 19.5. The third-order valence-corrected chi connectivity index (χ3v) is 5.99. The van der Waals surface area contributed by atoms with E-state index in [0.29, 0.717) is 17.8 Å². The van der Waals surface area contributed by atoms with E-state index in [1.54, 1.807) is 6.20 Å². The van der Waals surface area contributed by atoms with Gasteiger partial charge in [0, 0.05) is 29.9 Å². The number of rotatable bonds is 6. The molecule has 0 atom stereocenters. The molecule has 7 heteroatoms. The highest BCUT2D eigenvalue weighted by atomic mass is 16.1. The van der Waals surface area contributed by atoms with Crippen molar-refractivity contribution in [3.8, 4) is 11.3 Å². The van der Waals surface area contributed by atoms with Crippen LogP contribution in [0, 0.1) is 13.8 Å². The third-order valence-electron chi connectivity index (χ3n) is 5.99. The molecule has 34 heavy (non-hydrogen) atoms. The van der Waals surface area contributed by atoms with Gasteiger partial charge in [-0.05, 0) is 44.0 Å². The fourth-order valence-corrected chi connectivity index (χ4v) is 4.11. The average Bonchev–Trinajstić information content (AvgIpc) is 3.45. The second-order valence-electron chi connectivity index (χ2n) is 8.36. The van der Waals surface area contributed by atoms with E-state index in [0.717, 1.165) is 34.4 Å². The van der Waals surface area contributed by atoms with E-state index in [4.69, 9.17) is 4.98 Å². The minimum Gasteiger partial charge on any atom is -0.319 e. The van der Waals surface area contributed by atoms with Gasteiger partial charge in [-0.25, -0.2) is 4.98 Å². The Morgan fingerprint density at radius 2 is 1.79 bits per heavy atom. The summed E-state index contributed by atoms with van der Waals surface area (Å²) in [6, 6.07) is 17.8. The first-order valence-electron chi connectivity index (χ1n) is 11.3. The van der Waals surface area contributed by atoms with Gasteiger partial charge in [0.15, 0.2) is 0 Å². The van der Waals surface area contributed by atoms with Crippen LogP contribution in [-0.2, 0) is 13.1 Å². The maximum Gasteiger partial charge on any atom is 0.256 e. The van der Waals surface area contributed by atoms with E-state index >= 15 is 0 Å². The summed E-state index contributed by atoms with van der Waals surface area (Å²) in [6.07, 6.45) is 5.50. The second kappa shape index (κ2) is 8.94. The molecule has 0 bridgehead atoms. The lowest BCUT2D eigenvalue weighted by molar-refractivity contribution is 0.102. The number of carbonyl (C=O) groups is 1. The van der Waals surface area contributed by atoms with Crippen LogP contribution < -0.4 is 5.32 Å². The molecule has 0 unspecified atom stereocenters. The van der Waals surface area contributed by atoms with Crippen LogP contribution in [0.25, 0.3) is 22.2 Å². The number of anilines is 1. The lowest BCUT2D eigenvalue weighted by Gasteiger charge is -2.09. The van der Waals surface area contributed by atoms with Crippen molar-refractivity contribution in [1.82, 2.24) is 24.5 Å². The summed E-state index contributed by atoms with van der Waals surface area (Å²) in [5.41, 5.74) is 6.92. The second-order valence-corrected chi connectivity index (χ2v) is 8.36. The Morgan fingerprint density at radius 1 is 1.00 bits per heavy atom. The molecule has 0 fully saturated rings. The first kappa shape index (κ1) is 21.6. The molecule has 0 spiro atoms. The first-order valence-corrected chi connectivity index (χ1v) is 11.3. The fourth-order valence-electron chi connectivity index (χ4n) is 4.11. The normalized spacial score (nSPS) is 11.1. The van der Waals surface area contributed by atoms with E-state index in [1.165, 1.54) is 11.1 Å². The van der Waals surface area contributed by atoms with E-state index in [2.05, 4.69) is 34.6 Å². The molecule has 5 rings (SSSR count). The van der Waals surface area contributed by atoms with Gasteiger partial charge in [-0.3, -0.25) is 14.2 Å². The number of hydrogen-bond donors (Lipinski definition) is 1. The number of fused-ring (bicyclic) bond motifs is 1. The van der Waals surface area contributed by atoms with Gasteiger partial charge in [-0.1, -0.05) is 42.5 Å². The smallest absolute Gasteiger partial charge is 0.256 e. The number of nitrogens with one attached hydrogen (secondary N) is 1. The summed E-state index contributed by atoms with van der Waals surface area (Å²) in [7, 11) is 0. The van der Waals surface area contributed by atoms with Gasteiger partial charge >= 0.3 is 0 Å². The van der Waals surface area contributed by atoms with E-state index in [-0.39, 0.29) is 5.91 Å². The number of pyridine rings is 1. The van der Waals surface area contributed by atoms with Crippen molar-refractivity contribution in [3.63, 3.8) is 0 Å². The molecule has 0 aliphatic heterocycles. The van der Waals surface area contributed by atoms with Crippen molar-refractivity contribution in [2.24, 2.45) is 0 Å². The van der Waals surface area contributed by atoms with Crippen LogP contribution >= 0.6 is 0 Å². The largest absolute Gasteiger partial charge is 0.319 e. The van der Waals surface area contributed by atoms with Crippen LogP contribution in [0.4, 0.5) is 5.69 Å². The molecule has 0 saturated carbocycles. The molecule has 0 aliphatic rings. The van der Waals surface area contributed by atoms with Gasteiger partial charge in [0.25, 0.3) is 5.91 Å². The van der Waals surface area contributed by atoms with Crippen LogP contribution in [0.1, 0.15) is 34.1 Å². The predicted octanol–water partition coefficient (Wildman–Crippen LogP) is 5.23. The number of carbonyl (C=O) groups excluding carboxylic acids is 1. The third kappa shape index (κ3) is 4.20. The van der Waals surface area contributed by atoms with Gasteiger partial charge in [0.05, 0.1) is 40.9 Å². The van der Waals surface area contributed by atoms with Crippen LogP contribution in [0.15, 0.2) is 73.2 Å². The minimum atomic E-state index is -0.198. The summed E-state index contributed by atoms with van der Waals surface area (Å²) in [5.74, 6) is -0.198. The summed E-state index contributed by atoms with van der Waals surface area (Å²) in [4.78, 5) is 18.2. The van der Waals surface area contributed by atoms with Crippen molar-refractivity contribution < 1.29 is 4.79 Å². The van der Waals surface area contributed by atoms with Gasteiger partial charge in [0.2, 0.25) is 0 Å². The van der Waals surface area contributed by atoms with Crippen molar-refractivity contribution >= 4 is 22.5 Å². The number of aryl methyl sites for hydroxylation is 3. The number of amides is 1. The van der Waals surface area contributed by atoms with Gasteiger partial charge in [-0.2, -0.15) is 10.2 Å². The van der Waals surface area contributed by atoms with Crippen molar-refractivity contribution in [1.29, 1.82) is 0 Å². The highest BCUT2D eigenvalue weighted by molar-refractivity contribution is 6.13. The maximum atomic E-state index is 13.4. The van der Waals surface area contributed by atoms with Crippen molar-refractivity contribution in [3.05, 3.63) is 95.6 Å². The first-order chi connectivity index (χ1) is 16.5. The molecule has 3 aromatic heterocycles. The number of aromatic nitrogens is 5. The highest BCUT2D eigenvalue weighted by Gasteiger charge is 2.17. The van der Waals surface area contributed by atoms with Gasteiger partial charge in [0.1, 0.15) is 0 Å². The van der Waals surface area contributed by atoms with Crippen LogP contribution in [0.3, 0.4) is 0 Å². The Labute approximate surface area is 198 Å². The van der Waals surface area contributed by atoms with E-state index < -0.39 is 0 Å². The van der Waals surface area contributed by atoms with Crippen LogP contribution in [-0.4, -0.2) is 30.5 Å². The number of nitrogens with zero attached hydrogens (tertiary/aromatic N) is 5. The van der Waals surface area contributed by atoms with Gasteiger partial charge in [-0.15, -0.1) is 0 Å². The standard InChI is InChI=1S/C27H26N6O/c1-4-32-17-24(19(3)31-32)26-13-23(22-11-7-8-12-25(22)30-26)27(34)29-21-14-28-33(16-21)15-20-10-6-5-9-18(20)2/h5-14,16-17H,4,15H2,1-3H3,(H,29,34). The van der Waals surface area contributed by atoms with Crippen molar-refractivity contribution in [2.45, 2.75) is 33.9 Å². The molecule has 1 amide bonds. The number of benzene rings is 2. The van der Waals surface area contributed by atoms with Crippen LogP contribution in [0.2, 0.25) is 0 Å². The molecule has 2 aromatic carbocycles. The summed E-state index contributed by atoms with van der Waals surface area (Å²) in [6.45, 7) is 7.50. The minimum absolute atomic E-state index is 0.198. The summed E-state index contributed by atoms with van der Waals surface area (Å²) in [5, 5.41) is 12.8. The topological polar surface area (TPSA) is 77.6 Å². The lowest BCUT2D eigenvalue weighted by Crippen LogP contribution is -2.13. The zero-order chi connectivity index (χ0) is 23.7. The Hall–Kier alpha value is -4.26. The number of para-hydroxylation sites is 1. The molecule has 0 aliphatic carbocycles. The molecule has 0 saturated heterocycles. The molecule has 3 heterocycles. The van der Waals surface area contributed by atoms with E-state index in [9.17, 15) is 4.79 Å². The molecule has 1 N–H and O–H groups in total. The van der Waals surface area contributed by atoms with Crippen LogP contribution in [0.5, 0.6) is 0 Å². The quantitative estimate of drug-likeness (QED) is 0.384. The SMILES string of the molecule is CCn1cc(-c2cc(C(=O)Nc3cnn(Cc4ccccc4C)c3)c3ccccc3n2)c(C)n1. The fraction of sp³-hybridized carbons (Fsp3) is 0.185.